The van der Waals surface area contributed by atoms with Crippen LogP contribution in [0.3, 0.4) is 0 Å². The number of hydrogen-bond donors (Lipinski definition) is 0. The van der Waals surface area contributed by atoms with Crippen LogP contribution in [0.5, 0.6) is 0 Å². The van der Waals surface area contributed by atoms with E-state index in [1.807, 2.05) is 36.4 Å². The summed E-state index contributed by atoms with van der Waals surface area (Å²) in [5.74, 6) is -0.0260. The van der Waals surface area contributed by atoms with Crippen LogP contribution in [0, 0.1) is 5.92 Å². The van der Waals surface area contributed by atoms with Crippen LogP contribution in [0.15, 0.2) is 60.7 Å². The van der Waals surface area contributed by atoms with E-state index in [9.17, 15) is 14.4 Å². The van der Waals surface area contributed by atoms with Gasteiger partial charge in [0.15, 0.2) is 0 Å². The molecule has 0 amide bonds. The fourth-order valence-electron chi connectivity index (χ4n) is 6.45. The molecular weight excluding hydrogens is 476 g/mol. The maximum absolute atomic E-state index is 12.7. The minimum absolute atomic E-state index is 0.0951. The van der Waals surface area contributed by atoms with Crippen molar-refractivity contribution in [3.63, 3.8) is 0 Å². The van der Waals surface area contributed by atoms with Gasteiger partial charge in [-0.2, -0.15) is 0 Å². The van der Waals surface area contributed by atoms with Crippen molar-refractivity contribution in [3.8, 4) is 0 Å². The first-order chi connectivity index (χ1) is 18.3. The first kappa shape index (κ1) is 28.1. The maximum atomic E-state index is 12.7. The molecule has 2 aliphatic rings. The smallest absolute Gasteiger partial charge is 0.309 e. The molecule has 0 N–H and O–H groups in total. The lowest BCUT2D eigenvalue weighted by molar-refractivity contribution is -0.144. The van der Waals surface area contributed by atoms with Crippen LogP contribution in [0.1, 0.15) is 95.6 Å². The monoisotopic (exact) mass is 518 g/mol. The van der Waals surface area contributed by atoms with Gasteiger partial charge in [0, 0.05) is 30.1 Å². The number of ether oxygens (including phenoxy) is 2. The molecule has 5 heteroatoms. The predicted molar refractivity (Wildman–Crippen MR) is 148 cm³/mol. The standard InChI is InChI=1S/C33H42O5/c1-32(25-13-5-3-6-14-25,28-21-24-37-31(28)36)22-11-9-17-27(34)18-10-12-23-33(2,26-15-7-4-8-16-26)29-19-20-30(35)38-29/h3-8,13-16,28-29H,9-12,17-24H2,1-2H3. The first-order valence-electron chi connectivity index (χ1n) is 14.3. The minimum atomic E-state index is -0.274. The Labute approximate surface area is 227 Å². The van der Waals surface area contributed by atoms with E-state index >= 15 is 0 Å². The SMILES string of the molecule is CC(CCCCC(=O)CCCCC(C)(c1ccccc1)C1CCOC1=O)(c1ccccc1)C1CCC(=O)O1. The van der Waals surface area contributed by atoms with E-state index in [4.69, 9.17) is 9.47 Å². The molecule has 204 valence electrons. The van der Waals surface area contributed by atoms with Crippen LogP contribution in [-0.2, 0) is 34.7 Å². The number of carbonyl (C=O) groups is 3. The van der Waals surface area contributed by atoms with Gasteiger partial charge in [-0.3, -0.25) is 14.4 Å². The fourth-order valence-corrected chi connectivity index (χ4v) is 6.45. The molecule has 4 rings (SSSR count). The fraction of sp³-hybridized carbons (Fsp3) is 0.545. The molecule has 0 aliphatic carbocycles. The van der Waals surface area contributed by atoms with Crippen molar-refractivity contribution in [1.82, 2.24) is 0 Å². The number of Topliss-reactive ketones (excluding diaryl/α,β-unsaturated/α-hetero) is 1. The third kappa shape index (κ3) is 6.54. The Bertz CT molecular complexity index is 1080. The summed E-state index contributed by atoms with van der Waals surface area (Å²) in [6.45, 7) is 4.86. The van der Waals surface area contributed by atoms with E-state index in [2.05, 4.69) is 38.1 Å². The zero-order valence-electron chi connectivity index (χ0n) is 23.0. The summed E-state index contributed by atoms with van der Waals surface area (Å²) in [5, 5.41) is 0. The average molecular weight is 519 g/mol. The highest BCUT2D eigenvalue weighted by Gasteiger charge is 2.44. The van der Waals surface area contributed by atoms with Gasteiger partial charge in [0.2, 0.25) is 0 Å². The first-order valence-corrected chi connectivity index (χ1v) is 14.3. The molecule has 2 aliphatic heterocycles. The van der Waals surface area contributed by atoms with Gasteiger partial charge in [0.25, 0.3) is 0 Å². The topological polar surface area (TPSA) is 69.7 Å². The second kappa shape index (κ2) is 12.7. The van der Waals surface area contributed by atoms with Crippen LogP contribution in [0.25, 0.3) is 0 Å². The summed E-state index contributed by atoms with van der Waals surface area (Å²) in [4.78, 5) is 37.0. The van der Waals surface area contributed by atoms with Crippen LogP contribution in [0.2, 0.25) is 0 Å². The van der Waals surface area contributed by atoms with Crippen molar-refractivity contribution >= 4 is 17.7 Å². The minimum Gasteiger partial charge on any atom is -0.465 e. The number of benzene rings is 2. The molecular formula is C33H42O5. The number of rotatable bonds is 14. The Balaban J connectivity index is 1.24. The Hall–Kier alpha value is -2.95. The van der Waals surface area contributed by atoms with Crippen molar-refractivity contribution in [2.45, 2.75) is 101 Å². The van der Waals surface area contributed by atoms with Gasteiger partial charge in [0.05, 0.1) is 12.5 Å². The number of hydrogen-bond acceptors (Lipinski definition) is 5. The molecule has 0 saturated carbocycles. The third-order valence-corrected chi connectivity index (χ3v) is 8.97. The van der Waals surface area contributed by atoms with Gasteiger partial charge in [-0.1, -0.05) is 87.4 Å². The predicted octanol–water partition coefficient (Wildman–Crippen LogP) is 6.86. The highest BCUT2D eigenvalue weighted by Crippen LogP contribution is 2.42. The van der Waals surface area contributed by atoms with Gasteiger partial charge in [-0.05, 0) is 49.7 Å². The van der Waals surface area contributed by atoms with Crippen molar-refractivity contribution in [2.24, 2.45) is 5.92 Å². The Morgan fingerprint density at radius 1 is 0.789 bits per heavy atom. The quantitative estimate of drug-likeness (QED) is 0.202. The number of unbranched alkanes of at least 4 members (excludes halogenated alkanes) is 2. The lowest BCUT2D eigenvalue weighted by Crippen LogP contribution is -2.36. The number of ketones is 1. The summed E-state index contributed by atoms with van der Waals surface area (Å²) in [7, 11) is 0. The van der Waals surface area contributed by atoms with Crippen LogP contribution < -0.4 is 0 Å². The van der Waals surface area contributed by atoms with Crippen molar-refractivity contribution < 1.29 is 23.9 Å². The molecule has 0 bridgehead atoms. The number of esters is 2. The Morgan fingerprint density at radius 2 is 1.34 bits per heavy atom. The molecule has 38 heavy (non-hydrogen) atoms. The molecule has 5 nitrogen and oxygen atoms in total. The summed E-state index contributed by atoms with van der Waals surface area (Å²) in [6, 6.07) is 20.6. The summed E-state index contributed by atoms with van der Waals surface area (Å²) >= 11 is 0. The molecule has 2 fully saturated rings. The molecule has 2 saturated heterocycles. The lowest BCUT2D eigenvalue weighted by Gasteiger charge is -2.35. The largest absolute Gasteiger partial charge is 0.465 e. The van der Waals surface area contributed by atoms with E-state index in [0.717, 1.165) is 51.4 Å². The summed E-state index contributed by atoms with van der Waals surface area (Å²) in [5.41, 5.74) is 1.85. The third-order valence-electron chi connectivity index (χ3n) is 8.97. The number of carbonyl (C=O) groups excluding carboxylic acids is 3. The number of cyclic esters (lactones) is 2. The molecule has 0 spiro atoms. The maximum Gasteiger partial charge on any atom is 0.309 e. The van der Waals surface area contributed by atoms with Crippen molar-refractivity contribution in [2.75, 3.05) is 6.61 Å². The molecule has 2 heterocycles. The van der Waals surface area contributed by atoms with E-state index in [0.29, 0.717) is 31.7 Å². The molecule has 2 aromatic carbocycles. The van der Waals surface area contributed by atoms with Gasteiger partial charge in [-0.15, -0.1) is 0 Å². The van der Waals surface area contributed by atoms with E-state index in [-0.39, 0.29) is 34.8 Å². The van der Waals surface area contributed by atoms with Crippen LogP contribution >= 0.6 is 0 Å². The van der Waals surface area contributed by atoms with E-state index in [1.54, 1.807) is 0 Å². The molecule has 0 radical (unpaired) electrons. The van der Waals surface area contributed by atoms with Gasteiger partial charge in [0.1, 0.15) is 11.9 Å². The second-order valence-corrected chi connectivity index (χ2v) is 11.5. The molecule has 0 aromatic heterocycles. The Kier molecular flexibility index (Phi) is 9.40. The van der Waals surface area contributed by atoms with Crippen LogP contribution in [0.4, 0.5) is 0 Å². The van der Waals surface area contributed by atoms with E-state index in [1.165, 1.54) is 11.1 Å². The second-order valence-electron chi connectivity index (χ2n) is 11.5. The Morgan fingerprint density at radius 3 is 1.84 bits per heavy atom. The molecule has 4 unspecified atom stereocenters. The lowest BCUT2D eigenvalue weighted by atomic mass is 9.68. The van der Waals surface area contributed by atoms with Crippen molar-refractivity contribution in [3.05, 3.63) is 71.8 Å². The zero-order chi connectivity index (χ0) is 27.0. The highest BCUT2D eigenvalue weighted by atomic mass is 16.6. The van der Waals surface area contributed by atoms with Gasteiger partial charge >= 0.3 is 11.9 Å². The summed E-state index contributed by atoms with van der Waals surface area (Å²) < 4.78 is 11.0. The summed E-state index contributed by atoms with van der Waals surface area (Å²) in [6.07, 6.45) is 8.29. The average Bonchev–Trinajstić information content (AvgIpc) is 3.58. The molecule has 2 aromatic rings. The van der Waals surface area contributed by atoms with E-state index < -0.39 is 0 Å². The normalized spacial score (nSPS) is 22.4. The zero-order valence-corrected chi connectivity index (χ0v) is 23.0. The molecule has 4 atom stereocenters. The van der Waals surface area contributed by atoms with Crippen LogP contribution in [-0.4, -0.2) is 30.4 Å². The van der Waals surface area contributed by atoms with Gasteiger partial charge in [-0.25, -0.2) is 0 Å². The highest BCUT2D eigenvalue weighted by molar-refractivity contribution is 5.78. The van der Waals surface area contributed by atoms with Gasteiger partial charge < -0.3 is 9.47 Å². The van der Waals surface area contributed by atoms with Crippen molar-refractivity contribution in [1.29, 1.82) is 0 Å².